The lowest BCUT2D eigenvalue weighted by molar-refractivity contribution is 0.276. The fraction of sp³-hybridized carbons (Fsp3) is 0.400. The second kappa shape index (κ2) is 10.6. The Morgan fingerprint density at radius 2 is 1.81 bits per heavy atom. The molecular formula is C15H24Cl2N4. The van der Waals surface area contributed by atoms with Crippen molar-refractivity contribution in [3.8, 4) is 0 Å². The standard InChI is InChI=1S/C15H22N4.2ClH/c1-18-12-15(11-17-18)7-9-19(10-8-16)13-14-5-3-2-4-6-14;;/h2-6,11-12H,7-10,13,16H2,1H3;2*1H. The molecule has 2 rings (SSSR count). The molecule has 21 heavy (non-hydrogen) atoms. The third kappa shape index (κ3) is 6.96. The highest BCUT2D eigenvalue weighted by atomic mass is 35.5. The Hall–Kier alpha value is -1.07. The van der Waals surface area contributed by atoms with E-state index in [2.05, 4.69) is 40.5 Å². The van der Waals surface area contributed by atoms with E-state index in [1.165, 1.54) is 11.1 Å². The first kappa shape index (κ1) is 19.9. The van der Waals surface area contributed by atoms with Gasteiger partial charge in [0.25, 0.3) is 0 Å². The largest absolute Gasteiger partial charge is 0.329 e. The summed E-state index contributed by atoms with van der Waals surface area (Å²) in [6, 6.07) is 10.5. The van der Waals surface area contributed by atoms with Crippen LogP contribution < -0.4 is 5.73 Å². The number of halogens is 2. The molecule has 0 spiro atoms. The Labute approximate surface area is 139 Å². The van der Waals surface area contributed by atoms with Gasteiger partial charge in [0.2, 0.25) is 0 Å². The van der Waals surface area contributed by atoms with Crippen LogP contribution in [0, 0.1) is 0 Å². The van der Waals surface area contributed by atoms with Crippen LogP contribution in [-0.4, -0.2) is 34.3 Å². The molecule has 0 bridgehead atoms. The molecule has 1 aromatic heterocycles. The van der Waals surface area contributed by atoms with E-state index in [0.717, 1.165) is 26.1 Å². The van der Waals surface area contributed by atoms with Crippen molar-refractivity contribution >= 4 is 24.8 Å². The van der Waals surface area contributed by atoms with Gasteiger partial charge in [-0.1, -0.05) is 30.3 Å². The summed E-state index contributed by atoms with van der Waals surface area (Å²) in [7, 11) is 1.95. The first-order chi connectivity index (χ1) is 9.28. The molecule has 1 heterocycles. The van der Waals surface area contributed by atoms with Crippen LogP contribution in [0.5, 0.6) is 0 Å². The second-order valence-corrected chi connectivity index (χ2v) is 4.82. The summed E-state index contributed by atoms with van der Waals surface area (Å²) >= 11 is 0. The average molecular weight is 331 g/mol. The quantitative estimate of drug-likeness (QED) is 0.847. The molecule has 0 aliphatic heterocycles. The van der Waals surface area contributed by atoms with E-state index in [4.69, 9.17) is 5.73 Å². The maximum absolute atomic E-state index is 5.70. The number of nitrogens with two attached hydrogens (primary N) is 1. The lowest BCUT2D eigenvalue weighted by Crippen LogP contribution is -2.31. The molecule has 0 saturated carbocycles. The molecule has 2 N–H and O–H groups in total. The van der Waals surface area contributed by atoms with Crippen molar-refractivity contribution in [1.82, 2.24) is 14.7 Å². The smallest absolute Gasteiger partial charge is 0.0522 e. The topological polar surface area (TPSA) is 47.1 Å². The van der Waals surface area contributed by atoms with E-state index >= 15 is 0 Å². The summed E-state index contributed by atoms with van der Waals surface area (Å²) in [6.45, 7) is 3.59. The molecule has 6 heteroatoms. The molecule has 0 atom stereocenters. The Bertz CT molecular complexity index is 487. The van der Waals surface area contributed by atoms with Gasteiger partial charge in [-0.25, -0.2) is 0 Å². The molecule has 0 fully saturated rings. The van der Waals surface area contributed by atoms with E-state index in [1.807, 2.05) is 24.0 Å². The maximum atomic E-state index is 5.70. The number of aromatic nitrogens is 2. The summed E-state index contributed by atoms with van der Waals surface area (Å²) in [5.74, 6) is 0. The zero-order valence-electron chi connectivity index (χ0n) is 12.3. The molecule has 118 valence electrons. The minimum absolute atomic E-state index is 0. The molecule has 4 nitrogen and oxygen atoms in total. The van der Waals surface area contributed by atoms with Crippen molar-refractivity contribution in [1.29, 1.82) is 0 Å². The molecule has 0 radical (unpaired) electrons. The van der Waals surface area contributed by atoms with Crippen molar-refractivity contribution < 1.29 is 0 Å². The number of rotatable bonds is 7. The van der Waals surface area contributed by atoms with Gasteiger partial charge in [0.1, 0.15) is 0 Å². The van der Waals surface area contributed by atoms with Gasteiger partial charge in [0.05, 0.1) is 6.20 Å². The lowest BCUT2D eigenvalue weighted by atomic mass is 10.2. The number of nitrogens with zero attached hydrogens (tertiary/aromatic N) is 3. The summed E-state index contributed by atoms with van der Waals surface area (Å²) in [4.78, 5) is 2.39. The first-order valence-electron chi connectivity index (χ1n) is 6.72. The number of benzene rings is 1. The summed E-state index contributed by atoms with van der Waals surface area (Å²) < 4.78 is 1.85. The number of hydrogen-bond donors (Lipinski definition) is 1. The molecule has 0 saturated heterocycles. The molecule has 0 aliphatic rings. The third-order valence-corrected chi connectivity index (χ3v) is 3.17. The van der Waals surface area contributed by atoms with E-state index in [-0.39, 0.29) is 24.8 Å². The van der Waals surface area contributed by atoms with Gasteiger partial charge in [0, 0.05) is 39.4 Å². The molecule has 0 aliphatic carbocycles. The van der Waals surface area contributed by atoms with Gasteiger partial charge in [-0.2, -0.15) is 5.10 Å². The van der Waals surface area contributed by atoms with E-state index in [9.17, 15) is 0 Å². The van der Waals surface area contributed by atoms with Crippen molar-refractivity contribution in [2.24, 2.45) is 12.8 Å². The van der Waals surface area contributed by atoms with Crippen LogP contribution in [-0.2, 0) is 20.0 Å². The van der Waals surface area contributed by atoms with Gasteiger partial charge in [-0.15, -0.1) is 24.8 Å². The predicted molar refractivity (Wildman–Crippen MR) is 92.2 cm³/mol. The van der Waals surface area contributed by atoms with Crippen LogP contribution >= 0.6 is 24.8 Å². The van der Waals surface area contributed by atoms with Gasteiger partial charge in [-0.3, -0.25) is 9.58 Å². The van der Waals surface area contributed by atoms with E-state index in [1.54, 1.807) is 0 Å². The second-order valence-electron chi connectivity index (χ2n) is 4.82. The fourth-order valence-corrected chi connectivity index (χ4v) is 2.18. The molecule has 1 aromatic carbocycles. The summed E-state index contributed by atoms with van der Waals surface area (Å²) in [5.41, 5.74) is 8.31. The average Bonchev–Trinajstić information content (AvgIpc) is 2.83. The minimum Gasteiger partial charge on any atom is -0.329 e. The van der Waals surface area contributed by atoms with E-state index in [0.29, 0.717) is 6.54 Å². The maximum Gasteiger partial charge on any atom is 0.0522 e. The SMILES string of the molecule is Cl.Cl.Cn1cc(CCN(CCN)Cc2ccccc2)cn1. The van der Waals surface area contributed by atoms with Crippen LogP contribution in [0.25, 0.3) is 0 Å². The van der Waals surface area contributed by atoms with Gasteiger partial charge in [0.15, 0.2) is 0 Å². The van der Waals surface area contributed by atoms with Crippen LogP contribution in [0.1, 0.15) is 11.1 Å². The number of hydrogen-bond acceptors (Lipinski definition) is 3. The first-order valence-corrected chi connectivity index (χ1v) is 6.72. The highest BCUT2D eigenvalue weighted by Crippen LogP contribution is 2.06. The zero-order chi connectivity index (χ0) is 13.5. The van der Waals surface area contributed by atoms with Crippen LogP contribution in [0.15, 0.2) is 42.7 Å². The van der Waals surface area contributed by atoms with E-state index < -0.39 is 0 Å². The van der Waals surface area contributed by atoms with Crippen LogP contribution in [0.3, 0.4) is 0 Å². The Kier molecular flexibility index (Phi) is 10.1. The summed E-state index contributed by atoms with van der Waals surface area (Å²) in [5, 5.41) is 4.20. The monoisotopic (exact) mass is 330 g/mol. The predicted octanol–water partition coefficient (Wildman–Crippen LogP) is 2.27. The Morgan fingerprint density at radius 1 is 1.10 bits per heavy atom. The summed E-state index contributed by atoms with van der Waals surface area (Å²) in [6.07, 6.45) is 5.02. The minimum atomic E-state index is 0. The van der Waals surface area contributed by atoms with Gasteiger partial charge in [-0.05, 0) is 17.5 Å². The highest BCUT2D eigenvalue weighted by Gasteiger charge is 2.06. The third-order valence-electron chi connectivity index (χ3n) is 3.17. The normalized spacial score (nSPS) is 10.0. The van der Waals surface area contributed by atoms with Gasteiger partial charge < -0.3 is 5.73 Å². The number of aryl methyl sites for hydroxylation is 1. The fourth-order valence-electron chi connectivity index (χ4n) is 2.18. The molecule has 0 amide bonds. The zero-order valence-corrected chi connectivity index (χ0v) is 13.9. The van der Waals surface area contributed by atoms with Crippen molar-refractivity contribution in [3.63, 3.8) is 0 Å². The van der Waals surface area contributed by atoms with Crippen molar-refractivity contribution in [3.05, 3.63) is 53.9 Å². The van der Waals surface area contributed by atoms with Crippen molar-refractivity contribution in [2.45, 2.75) is 13.0 Å². The molecular weight excluding hydrogens is 307 g/mol. The highest BCUT2D eigenvalue weighted by molar-refractivity contribution is 5.85. The molecule has 2 aromatic rings. The molecule has 0 unspecified atom stereocenters. The Balaban J connectivity index is 0.00000200. The Morgan fingerprint density at radius 3 is 2.38 bits per heavy atom. The van der Waals surface area contributed by atoms with Crippen LogP contribution in [0.4, 0.5) is 0 Å². The lowest BCUT2D eigenvalue weighted by Gasteiger charge is -2.21. The van der Waals surface area contributed by atoms with Crippen LogP contribution in [0.2, 0.25) is 0 Å². The van der Waals surface area contributed by atoms with Crippen molar-refractivity contribution in [2.75, 3.05) is 19.6 Å². The van der Waals surface area contributed by atoms with Gasteiger partial charge >= 0.3 is 0 Å².